The lowest BCUT2D eigenvalue weighted by Crippen LogP contribution is -2.15. The molecule has 0 bridgehead atoms. The molecule has 0 spiro atoms. The Morgan fingerprint density at radius 1 is 1.61 bits per heavy atom. The maximum absolute atomic E-state index is 10.8. The highest BCUT2D eigenvalue weighted by molar-refractivity contribution is 5.67. The van der Waals surface area contributed by atoms with E-state index in [2.05, 4.69) is 25.7 Å². The summed E-state index contributed by atoms with van der Waals surface area (Å²) in [6, 6.07) is -0.262. The number of aryl methyl sites for hydroxylation is 1. The Balaban J connectivity index is 2.38. The van der Waals surface area contributed by atoms with Gasteiger partial charge in [-0.1, -0.05) is 6.92 Å². The molecule has 0 aliphatic heterocycles. The molecule has 2 aromatic heterocycles. The van der Waals surface area contributed by atoms with Crippen LogP contribution in [0.3, 0.4) is 0 Å². The summed E-state index contributed by atoms with van der Waals surface area (Å²) in [6.07, 6.45) is 2.26. The van der Waals surface area contributed by atoms with E-state index in [1.165, 1.54) is 0 Å². The van der Waals surface area contributed by atoms with Gasteiger partial charge in [-0.2, -0.15) is 5.10 Å². The largest absolute Gasteiger partial charge is 0.481 e. The van der Waals surface area contributed by atoms with E-state index in [1.807, 2.05) is 13.8 Å². The maximum atomic E-state index is 10.8. The number of nitrogens with zero attached hydrogens (tertiary/aromatic N) is 5. The molecule has 18 heavy (non-hydrogen) atoms. The van der Waals surface area contributed by atoms with Crippen LogP contribution in [0.1, 0.15) is 31.5 Å². The van der Waals surface area contributed by atoms with Crippen LogP contribution in [-0.4, -0.2) is 41.5 Å². The van der Waals surface area contributed by atoms with Crippen molar-refractivity contribution in [3.05, 3.63) is 11.9 Å². The third kappa shape index (κ3) is 2.22. The molecule has 0 saturated carbocycles. The molecule has 2 heterocycles. The highest BCUT2D eigenvalue weighted by Crippen LogP contribution is 2.24. The number of hydrogen-bond donors (Lipinski definition) is 2. The number of tetrazole rings is 1. The van der Waals surface area contributed by atoms with Crippen LogP contribution in [0.5, 0.6) is 0 Å². The second-order valence-corrected chi connectivity index (χ2v) is 4.02. The standard InChI is InChI=1S/C10H14N6O2/c1-3-7(4-9(17)18)16-10(13-14-15-16)8-5-11-12-6(8)2/h5,7H,3-4H2,1-2H3,(H,11,12)(H,17,18). The second kappa shape index (κ2) is 4.94. The Bertz CT molecular complexity index is 546. The van der Waals surface area contributed by atoms with E-state index in [9.17, 15) is 4.79 Å². The van der Waals surface area contributed by atoms with Crippen molar-refractivity contribution in [3.63, 3.8) is 0 Å². The number of aliphatic carboxylic acids is 1. The van der Waals surface area contributed by atoms with E-state index in [0.29, 0.717) is 12.2 Å². The van der Waals surface area contributed by atoms with Crippen LogP contribution in [0.25, 0.3) is 11.4 Å². The highest BCUT2D eigenvalue weighted by Gasteiger charge is 2.21. The van der Waals surface area contributed by atoms with Crippen molar-refractivity contribution < 1.29 is 9.90 Å². The van der Waals surface area contributed by atoms with Crippen molar-refractivity contribution >= 4 is 5.97 Å². The van der Waals surface area contributed by atoms with Crippen molar-refractivity contribution in [2.45, 2.75) is 32.7 Å². The van der Waals surface area contributed by atoms with E-state index in [4.69, 9.17) is 5.11 Å². The van der Waals surface area contributed by atoms with Crippen LogP contribution >= 0.6 is 0 Å². The molecule has 1 unspecified atom stereocenters. The maximum Gasteiger partial charge on any atom is 0.305 e. The minimum absolute atomic E-state index is 0.00849. The second-order valence-electron chi connectivity index (χ2n) is 4.02. The van der Waals surface area contributed by atoms with Gasteiger partial charge in [-0.05, 0) is 23.8 Å². The molecular weight excluding hydrogens is 236 g/mol. The number of hydrogen-bond acceptors (Lipinski definition) is 5. The fourth-order valence-corrected chi connectivity index (χ4v) is 1.80. The molecule has 0 radical (unpaired) electrons. The number of carbonyl (C=O) groups is 1. The average molecular weight is 250 g/mol. The molecule has 2 rings (SSSR count). The molecule has 2 aromatic rings. The Kier molecular flexibility index (Phi) is 3.35. The van der Waals surface area contributed by atoms with E-state index in [-0.39, 0.29) is 12.5 Å². The van der Waals surface area contributed by atoms with Gasteiger partial charge in [0.25, 0.3) is 0 Å². The number of rotatable bonds is 5. The van der Waals surface area contributed by atoms with Crippen LogP contribution in [0, 0.1) is 6.92 Å². The fraction of sp³-hybridized carbons (Fsp3) is 0.500. The van der Waals surface area contributed by atoms with E-state index in [1.54, 1.807) is 10.9 Å². The van der Waals surface area contributed by atoms with Gasteiger partial charge in [-0.15, -0.1) is 5.10 Å². The summed E-state index contributed by atoms with van der Waals surface area (Å²) in [4.78, 5) is 10.8. The summed E-state index contributed by atoms with van der Waals surface area (Å²) in [6.45, 7) is 3.76. The normalized spacial score (nSPS) is 12.6. The number of aromatic nitrogens is 6. The smallest absolute Gasteiger partial charge is 0.305 e. The number of carboxylic acids is 1. The summed E-state index contributed by atoms with van der Waals surface area (Å²) in [5.41, 5.74) is 1.63. The van der Waals surface area contributed by atoms with Crippen molar-refractivity contribution in [3.8, 4) is 11.4 Å². The molecule has 96 valence electrons. The third-order valence-electron chi connectivity index (χ3n) is 2.79. The van der Waals surface area contributed by atoms with E-state index >= 15 is 0 Å². The lowest BCUT2D eigenvalue weighted by molar-refractivity contribution is -0.138. The van der Waals surface area contributed by atoms with Gasteiger partial charge >= 0.3 is 5.97 Å². The Morgan fingerprint density at radius 3 is 2.94 bits per heavy atom. The Morgan fingerprint density at radius 2 is 2.39 bits per heavy atom. The number of carboxylic acid groups (broad SMARTS) is 1. The SMILES string of the molecule is CCC(CC(=O)O)n1nnnc1-c1cn[nH]c1C. The first-order valence-electron chi connectivity index (χ1n) is 5.63. The minimum atomic E-state index is -0.868. The molecule has 8 nitrogen and oxygen atoms in total. The summed E-state index contributed by atoms with van der Waals surface area (Å²) in [5.74, 6) is -0.332. The summed E-state index contributed by atoms with van der Waals surface area (Å²) in [7, 11) is 0. The fourth-order valence-electron chi connectivity index (χ4n) is 1.80. The minimum Gasteiger partial charge on any atom is -0.481 e. The first-order chi connectivity index (χ1) is 8.63. The molecule has 2 N–H and O–H groups in total. The molecule has 0 aliphatic carbocycles. The van der Waals surface area contributed by atoms with E-state index < -0.39 is 5.97 Å². The first kappa shape index (κ1) is 12.2. The predicted octanol–water partition coefficient (Wildman–Crippen LogP) is 0.797. The van der Waals surface area contributed by atoms with Crippen molar-refractivity contribution in [2.24, 2.45) is 0 Å². The van der Waals surface area contributed by atoms with Gasteiger partial charge < -0.3 is 5.11 Å². The molecule has 1 atom stereocenters. The van der Waals surface area contributed by atoms with Crippen LogP contribution in [0.15, 0.2) is 6.20 Å². The zero-order valence-electron chi connectivity index (χ0n) is 10.2. The van der Waals surface area contributed by atoms with Crippen molar-refractivity contribution in [1.82, 2.24) is 30.4 Å². The summed E-state index contributed by atoms with van der Waals surface area (Å²) >= 11 is 0. The quantitative estimate of drug-likeness (QED) is 0.812. The Labute approximate surface area is 103 Å². The van der Waals surface area contributed by atoms with E-state index in [0.717, 1.165) is 11.3 Å². The van der Waals surface area contributed by atoms with Crippen LogP contribution in [0.2, 0.25) is 0 Å². The van der Waals surface area contributed by atoms with Crippen molar-refractivity contribution in [1.29, 1.82) is 0 Å². The molecule has 0 aliphatic rings. The molecular formula is C10H14N6O2. The highest BCUT2D eigenvalue weighted by atomic mass is 16.4. The number of nitrogens with one attached hydrogen (secondary N) is 1. The van der Waals surface area contributed by atoms with Crippen LogP contribution in [0.4, 0.5) is 0 Å². The molecule has 0 aromatic carbocycles. The molecule has 8 heteroatoms. The Hall–Kier alpha value is -2.25. The predicted molar refractivity (Wildman–Crippen MR) is 61.7 cm³/mol. The van der Waals surface area contributed by atoms with Gasteiger partial charge in [0, 0.05) is 5.69 Å². The average Bonchev–Trinajstić information content (AvgIpc) is 2.93. The molecule has 0 amide bonds. The zero-order valence-corrected chi connectivity index (χ0v) is 10.2. The van der Waals surface area contributed by atoms with Gasteiger partial charge in [0.05, 0.1) is 24.2 Å². The van der Waals surface area contributed by atoms with Gasteiger partial charge in [0.1, 0.15) is 0 Å². The van der Waals surface area contributed by atoms with Gasteiger partial charge in [-0.3, -0.25) is 9.89 Å². The summed E-state index contributed by atoms with van der Waals surface area (Å²) in [5, 5.41) is 27.1. The monoisotopic (exact) mass is 250 g/mol. The lowest BCUT2D eigenvalue weighted by Gasteiger charge is -2.13. The third-order valence-corrected chi connectivity index (χ3v) is 2.79. The summed E-state index contributed by atoms with van der Waals surface area (Å²) < 4.78 is 1.55. The lowest BCUT2D eigenvalue weighted by atomic mass is 10.1. The number of aromatic amines is 1. The zero-order chi connectivity index (χ0) is 13.1. The van der Waals surface area contributed by atoms with Gasteiger partial charge in [0.2, 0.25) is 0 Å². The van der Waals surface area contributed by atoms with Gasteiger partial charge in [-0.25, -0.2) is 4.68 Å². The van der Waals surface area contributed by atoms with Gasteiger partial charge in [0.15, 0.2) is 5.82 Å². The molecule has 0 saturated heterocycles. The topological polar surface area (TPSA) is 110 Å². The van der Waals surface area contributed by atoms with Crippen LogP contribution < -0.4 is 0 Å². The van der Waals surface area contributed by atoms with Crippen molar-refractivity contribution in [2.75, 3.05) is 0 Å². The molecule has 0 fully saturated rings. The first-order valence-corrected chi connectivity index (χ1v) is 5.63. The number of H-pyrrole nitrogens is 1. The van der Waals surface area contributed by atoms with Crippen LogP contribution in [-0.2, 0) is 4.79 Å².